The molecule has 0 bridgehead atoms. The Morgan fingerprint density at radius 1 is 1.39 bits per heavy atom. The van der Waals surface area contributed by atoms with E-state index < -0.39 is 0 Å². The fraction of sp³-hybridized carbons (Fsp3) is 0.273. The normalized spacial score (nSPS) is 10.1. The molecule has 2 aromatic rings. The Morgan fingerprint density at radius 3 is 3.00 bits per heavy atom. The first-order valence-electron chi connectivity index (χ1n) is 5.57. The molecule has 2 aromatic heterocycles. The third-order valence-corrected chi connectivity index (χ3v) is 2.10. The van der Waals surface area contributed by atoms with Crippen LogP contribution in [0.25, 0.3) is 0 Å². The molecule has 18 heavy (non-hydrogen) atoms. The molecule has 0 unspecified atom stereocenters. The summed E-state index contributed by atoms with van der Waals surface area (Å²) >= 11 is 0. The molecule has 0 radical (unpaired) electrons. The lowest BCUT2D eigenvalue weighted by Gasteiger charge is -2.05. The summed E-state index contributed by atoms with van der Waals surface area (Å²) in [5.74, 6) is 0.537. The van der Waals surface area contributed by atoms with Gasteiger partial charge in [-0.25, -0.2) is 4.98 Å². The maximum atomic E-state index is 11.8. The number of nitrogens with zero attached hydrogens (tertiary/aromatic N) is 3. The van der Waals surface area contributed by atoms with Crippen molar-refractivity contribution in [2.75, 3.05) is 17.2 Å². The van der Waals surface area contributed by atoms with Gasteiger partial charge < -0.3 is 15.2 Å². The maximum absolute atomic E-state index is 11.8. The predicted octanol–water partition coefficient (Wildman–Crippen LogP) is 1.54. The van der Waals surface area contributed by atoms with E-state index in [0.717, 1.165) is 13.0 Å². The lowest BCUT2D eigenvalue weighted by molar-refractivity contribution is 0.102. The summed E-state index contributed by atoms with van der Waals surface area (Å²) in [6.07, 6.45) is 5.31. The van der Waals surface area contributed by atoms with E-state index in [9.17, 15) is 4.79 Å². The van der Waals surface area contributed by atoms with Crippen LogP contribution in [0.1, 0.15) is 23.8 Å². The van der Waals surface area contributed by atoms with E-state index in [-0.39, 0.29) is 11.6 Å². The summed E-state index contributed by atoms with van der Waals surface area (Å²) in [6, 6.07) is 1.55. The van der Waals surface area contributed by atoms with Gasteiger partial charge in [0.15, 0.2) is 5.82 Å². The molecule has 0 saturated heterocycles. The molecule has 0 saturated carbocycles. The van der Waals surface area contributed by atoms with Crippen molar-refractivity contribution in [1.29, 1.82) is 0 Å². The van der Waals surface area contributed by atoms with E-state index in [0.29, 0.717) is 11.6 Å². The molecule has 2 rings (SSSR count). The van der Waals surface area contributed by atoms with Gasteiger partial charge in [0.05, 0.1) is 12.4 Å². The molecule has 2 heterocycles. The third kappa shape index (κ3) is 3.03. The van der Waals surface area contributed by atoms with E-state index in [1.165, 1.54) is 12.5 Å². The summed E-state index contributed by atoms with van der Waals surface area (Å²) in [6.45, 7) is 2.82. The van der Waals surface area contributed by atoms with Crippen LogP contribution in [0, 0.1) is 0 Å². The Morgan fingerprint density at radius 2 is 2.28 bits per heavy atom. The number of carbonyl (C=O) groups is 1. The van der Waals surface area contributed by atoms with Gasteiger partial charge in [-0.15, -0.1) is 0 Å². The number of hydrogen-bond acceptors (Lipinski definition) is 6. The number of amides is 1. The molecule has 2 N–H and O–H groups in total. The van der Waals surface area contributed by atoms with Crippen LogP contribution >= 0.6 is 0 Å². The first-order valence-corrected chi connectivity index (χ1v) is 5.57. The smallest absolute Gasteiger partial charge is 0.277 e. The fourth-order valence-corrected chi connectivity index (χ4v) is 1.27. The summed E-state index contributed by atoms with van der Waals surface area (Å²) < 4.78 is 4.61. The van der Waals surface area contributed by atoms with Crippen LogP contribution < -0.4 is 10.6 Å². The summed E-state index contributed by atoms with van der Waals surface area (Å²) in [4.78, 5) is 19.9. The lowest BCUT2D eigenvalue weighted by atomic mass is 10.4. The number of rotatable bonds is 5. The highest BCUT2D eigenvalue weighted by atomic mass is 16.5. The minimum atomic E-state index is -0.378. The van der Waals surface area contributed by atoms with Crippen molar-refractivity contribution in [2.45, 2.75) is 13.3 Å². The van der Waals surface area contributed by atoms with Gasteiger partial charge in [0.2, 0.25) is 0 Å². The second-order valence-electron chi connectivity index (χ2n) is 3.56. The zero-order valence-electron chi connectivity index (χ0n) is 9.88. The van der Waals surface area contributed by atoms with Crippen LogP contribution in [0.3, 0.4) is 0 Å². The average Bonchev–Trinajstić information content (AvgIpc) is 2.89. The first-order chi connectivity index (χ1) is 8.79. The second-order valence-corrected chi connectivity index (χ2v) is 3.56. The zero-order valence-corrected chi connectivity index (χ0v) is 9.88. The highest BCUT2D eigenvalue weighted by Crippen LogP contribution is 2.06. The standard InChI is InChI=1S/C11H13N5O2/c1-2-4-13-10-7-12-6-8(14-10)11(17)15-9-3-5-18-16-9/h3,5-7H,2,4H2,1H3,(H,13,14)(H,15,16,17). The number of nitrogens with one attached hydrogen (secondary N) is 2. The molecule has 1 amide bonds. The molecule has 7 heteroatoms. The van der Waals surface area contributed by atoms with E-state index in [1.54, 1.807) is 12.3 Å². The van der Waals surface area contributed by atoms with Crippen molar-refractivity contribution < 1.29 is 9.32 Å². The van der Waals surface area contributed by atoms with Crippen molar-refractivity contribution in [3.05, 3.63) is 30.4 Å². The minimum Gasteiger partial charge on any atom is -0.369 e. The molecule has 0 spiro atoms. The molecular weight excluding hydrogens is 234 g/mol. The average molecular weight is 247 g/mol. The van der Waals surface area contributed by atoms with Crippen LogP contribution in [0.4, 0.5) is 11.6 Å². The summed E-state index contributed by atoms with van der Waals surface area (Å²) in [5, 5.41) is 9.19. The first kappa shape index (κ1) is 12.0. The van der Waals surface area contributed by atoms with Crippen LogP contribution in [0.2, 0.25) is 0 Å². The number of hydrogen-bond donors (Lipinski definition) is 2. The van der Waals surface area contributed by atoms with Crippen molar-refractivity contribution >= 4 is 17.5 Å². The van der Waals surface area contributed by atoms with Crippen molar-refractivity contribution in [1.82, 2.24) is 15.1 Å². The quantitative estimate of drug-likeness (QED) is 0.832. The molecule has 0 fully saturated rings. The van der Waals surface area contributed by atoms with Gasteiger partial charge in [0.1, 0.15) is 17.8 Å². The summed E-state index contributed by atoms with van der Waals surface area (Å²) in [7, 11) is 0. The van der Waals surface area contributed by atoms with E-state index in [1.807, 2.05) is 6.92 Å². The van der Waals surface area contributed by atoms with Crippen LogP contribution in [0.15, 0.2) is 29.2 Å². The fourth-order valence-electron chi connectivity index (χ4n) is 1.27. The summed E-state index contributed by atoms with van der Waals surface area (Å²) in [5.41, 5.74) is 0.221. The molecular formula is C11H13N5O2. The Labute approximate surface area is 104 Å². The lowest BCUT2D eigenvalue weighted by Crippen LogP contribution is -2.15. The van der Waals surface area contributed by atoms with Gasteiger partial charge in [-0.1, -0.05) is 12.1 Å². The topological polar surface area (TPSA) is 92.9 Å². The van der Waals surface area contributed by atoms with Crippen LogP contribution in [-0.4, -0.2) is 27.6 Å². The minimum absolute atomic E-state index is 0.221. The van der Waals surface area contributed by atoms with Gasteiger partial charge in [-0.05, 0) is 6.42 Å². The number of anilines is 2. The molecule has 0 atom stereocenters. The van der Waals surface area contributed by atoms with Gasteiger partial charge in [0.25, 0.3) is 5.91 Å². The molecule has 7 nitrogen and oxygen atoms in total. The van der Waals surface area contributed by atoms with Gasteiger partial charge in [-0.2, -0.15) is 0 Å². The van der Waals surface area contributed by atoms with Gasteiger partial charge in [0, 0.05) is 12.6 Å². The van der Waals surface area contributed by atoms with Crippen molar-refractivity contribution in [2.24, 2.45) is 0 Å². The third-order valence-electron chi connectivity index (χ3n) is 2.10. The monoisotopic (exact) mass is 247 g/mol. The van der Waals surface area contributed by atoms with E-state index in [4.69, 9.17) is 0 Å². The van der Waals surface area contributed by atoms with Gasteiger partial charge in [-0.3, -0.25) is 9.78 Å². The van der Waals surface area contributed by atoms with E-state index >= 15 is 0 Å². The molecule has 94 valence electrons. The van der Waals surface area contributed by atoms with Crippen molar-refractivity contribution in [3.8, 4) is 0 Å². The van der Waals surface area contributed by atoms with Crippen LogP contribution in [0.5, 0.6) is 0 Å². The Kier molecular flexibility index (Phi) is 3.85. The Bertz CT molecular complexity index is 512. The second kappa shape index (κ2) is 5.76. The van der Waals surface area contributed by atoms with Crippen LogP contribution in [-0.2, 0) is 0 Å². The Hall–Kier alpha value is -2.44. The molecule has 0 aliphatic rings. The zero-order chi connectivity index (χ0) is 12.8. The predicted molar refractivity (Wildman–Crippen MR) is 65.3 cm³/mol. The largest absolute Gasteiger partial charge is 0.369 e. The molecule has 0 aliphatic carbocycles. The Balaban J connectivity index is 2.05. The number of carbonyl (C=O) groups excluding carboxylic acids is 1. The van der Waals surface area contributed by atoms with Crippen molar-refractivity contribution in [3.63, 3.8) is 0 Å². The maximum Gasteiger partial charge on any atom is 0.277 e. The van der Waals surface area contributed by atoms with Gasteiger partial charge >= 0.3 is 0 Å². The number of aromatic nitrogens is 3. The molecule has 0 aromatic carbocycles. The SMILES string of the molecule is CCCNc1cncc(C(=O)Nc2ccon2)n1. The molecule has 0 aliphatic heterocycles. The highest BCUT2D eigenvalue weighted by Gasteiger charge is 2.10. The highest BCUT2D eigenvalue weighted by molar-refractivity contribution is 6.02. The van der Waals surface area contributed by atoms with E-state index in [2.05, 4.69) is 30.3 Å².